The first-order valence-electron chi connectivity index (χ1n) is 5.41. The van der Waals surface area contributed by atoms with Crippen molar-refractivity contribution in [3.63, 3.8) is 0 Å². The van der Waals surface area contributed by atoms with E-state index < -0.39 is 0 Å². The number of carbonyl (C=O) groups excluding carboxylic acids is 1. The third-order valence-corrected chi connectivity index (χ3v) is 3.71. The van der Waals surface area contributed by atoms with E-state index in [1.54, 1.807) is 4.90 Å². The highest BCUT2D eigenvalue weighted by Gasteiger charge is 2.37. The second-order valence-corrected chi connectivity index (χ2v) is 4.82. The van der Waals surface area contributed by atoms with Crippen molar-refractivity contribution < 1.29 is 4.79 Å². The van der Waals surface area contributed by atoms with E-state index in [1.807, 2.05) is 37.3 Å². The second-order valence-electron chi connectivity index (χ2n) is 4.29. The standard InChI is InChI=1S/C12H16N2OS/c1-8-7-14(12(16)10(8)13)11(15)9-5-3-2-4-6-9/h2-6,8,10,12,16H,7,13H2,1H3. The van der Waals surface area contributed by atoms with Crippen LogP contribution in [0.2, 0.25) is 0 Å². The van der Waals surface area contributed by atoms with Gasteiger partial charge in [0.15, 0.2) is 0 Å². The SMILES string of the molecule is CC1CN(C(=O)c2ccccc2)C(S)C1N. The monoisotopic (exact) mass is 236 g/mol. The number of carbonyl (C=O) groups is 1. The fraction of sp³-hybridized carbons (Fsp3) is 0.417. The minimum absolute atomic E-state index is 0.0143. The molecule has 0 radical (unpaired) electrons. The van der Waals surface area contributed by atoms with Crippen LogP contribution in [0.15, 0.2) is 30.3 Å². The first kappa shape index (κ1) is 11.5. The normalized spacial score (nSPS) is 29.4. The molecule has 1 aromatic rings. The molecule has 0 spiro atoms. The number of likely N-dealkylation sites (tertiary alicyclic amines) is 1. The van der Waals surface area contributed by atoms with E-state index in [2.05, 4.69) is 12.6 Å². The van der Waals surface area contributed by atoms with Gasteiger partial charge in [-0.1, -0.05) is 25.1 Å². The predicted molar refractivity (Wildman–Crippen MR) is 67.4 cm³/mol. The van der Waals surface area contributed by atoms with Gasteiger partial charge >= 0.3 is 0 Å². The molecule has 16 heavy (non-hydrogen) atoms. The Bertz CT molecular complexity index is 382. The van der Waals surface area contributed by atoms with Crippen LogP contribution in [0.5, 0.6) is 0 Å². The summed E-state index contributed by atoms with van der Waals surface area (Å²) in [6.07, 6.45) is 0. The van der Waals surface area contributed by atoms with Crippen molar-refractivity contribution in [3.05, 3.63) is 35.9 Å². The van der Waals surface area contributed by atoms with Crippen LogP contribution in [0.4, 0.5) is 0 Å². The molecule has 1 fully saturated rings. The van der Waals surface area contributed by atoms with E-state index >= 15 is 0 Å². The molecule has 1 aliphatic heterocycles. The number of benzene rings is 1. The van der Waals surface area contributed by atoms with Crippen LogP contribution in [0.25, 0.3) is 0 Å². The molecule has 2 rings (SSSR count). The quantitative estimate of drug-likeness (QED) is 0.723. The molecule has 1 amide bonds. The molecule has 1 saturated heterocycles. The Balaban J connectivity index is 2.18. The van der Waals surface area contributed by atoms with Gasteiger partial charge in [-0.3, -0.25) is 4.79 Å². The Morgan fingerprint density at radius 1 is 1.44 bits per heavy atom. The number of rotatable bonds is 1. The molecule has 86 valence electrons. The maximum Gasteiger partial charge on any atom is 0.254 e. The molecule has 3 atom stereocenters. The van der Waals surface area contributed by atoms with Crippen LogP contribution in [-0.4, -0.2) is 28.8 Å². The van der Waals surface area contributed by atoms with E-state index in [9.17, 15) is 4.79 Å². The van der Waals surface area contributed by atoms with E-state index in [1.165, 1.54) is 0 Å². The average Bonchev–Trinajstić information content (AvgIpc) is 2.57. The number of nitrogens with zero attached hydrogens (tertiary/aromatic N) is 1. The first-order chi connectivity index (χ1) is 7.61. The average molecular weight is 236 g/mol. The van der Waals surface area contributed by atoms with Crippen LogP contribution in [0, 0.1) is 5.92 Å². The van der Waals surface area contributed by atoms with Crippen molar-refractivity contribution in [2.75, 3.05) is 6.54 Å². The summed E-state index contributed by atoms with van der Waals surface area (Å²) >= 11 is 4.41. The molecule has 0 aliphatic carbocycles. The number of nitrogens with two attached hydrogens (primary N) is 1. The molecule has 4 heteroatoms. The van der Waals surface area contributed by atoms with Gasteiger partial charge in [-0.25, -0.2) is 0 Å². The van der Waals surface area contributed by atoms with Gasteiger partial charge in [-0.05, 0) is 18.1 Å². The summed E-state index contributed by atoms with van der Waals surface area (Å²) < 4.78 is 0. The summed E-state index contributed by atoms with van der Waals surface area (Å²) in [6.45, 7) is 2.73. The minimum Gasteiger partial charge on any atom is -0.325 e. The highest BCUT2D eigenvalue weighted by Crippen LogP contribution is 2.26. The smallest absolute Gasteiger partial charge is 0.254 e. The molecule has 2 N–H and O–H groups in total. The molecule has 1 aromatic carbocycles. The molecule has 0 aromatic heterocycles. The van der Waals surface area contributed by atoms with Crippen LogP contribution in [0.1, 0.15) is 17.3 Å². The topological polar surface area (TPSA) is 46.3 Å². The number of hydrogen-bond acceptors (Lipinski definition) is 3. The zero-order valence-electron chi connectivity index (χ0n) is 9.21. The predicted octanol–water partition coefficient (Wildman–Crippen LogP) is 1.36. The molecule has 0 bridgehead atoms. The molecule has 1 aliphatic rings. The summed E-state index contributed by atoms with van der Waals surface area (Å²) in [6, 6.07) is 9.21. The lowest BCUT2D eigenvalue weighted by Gasteiger charge is -2.22. The molecular weight excluding hydrogens is 220 g/mol. The summed E-state index contributed by atoms with van der Waals surface area (Å²) in [5.41, 5.74) is 6.65. The van der Waals surface area contributed by atoms with Crippen LogP contribution >= 0.6 is 12.6 Å². The number of amides is 1. The van der Waals surface area contributed by atoms with Gasteiger partial charge in [0, 0.05) is 18.2 Å². The van der Waals surface area contributed by atoms with Gasteiger partial charge in [0.05, 0.1) is 5.37 Å². The van der Waals surface area contributed by atoms with Crippen molar-refractivity contribution in [1.29, 1.82) is 0 Å². The fourth-order valence-corrected chi connectivity index (χ4v) is 2.48. The Labute approximate surface area is 101 Å². The van der Waals surface area contributed by atoms with Gasteiger partial charge in [0.1, 0.15) is 0 Å². The minimum atomic E-state index is -0.178. The van der Waals surface area contributed by atoms with Crippen LogP contribution in [-0.2, 0) is 0 Å². The Hall–Kier alpha value is -1.00. The van der Waals surface area contributed by atoms with Gasteiger partial charge in [0.2, 0.25) is 0 Å². The number of hydrogen-bond donors (Lipinski definition) is 2. The van der Waals surface area contributed by atoms with Crippen LogP contribution in [0.3, 0.4) is 0 Å². The summed E-state index contributed by atoms with van der Waals surface area (Å²) in [7, 11) is 0. The van der Waals surface area contributed by atoms with Gasteiger partial charge in [0.25, 0.3) is 5.91 Å². The number of thiol groups is 1. The summed E-state index contributed by atoms with van der Waals surface area (Å²) in [5, 5.41) is -0.178. The van der Waals surface area contributed by atoms with Crippen molar-refractivity contribution in [1.82, 2.24) is 4.90 Å². The van der Waals surface area contributed by atoms with Crippen LogP contribution < -0.4 is 5.73 Å². The van der Waals surface area contributed by atoms with Gasteiger partial charge in [-0.15, -0.1) is 0 Å². The maximum absolute atomic E-state index is 12.2. The molecule has 0 saturated carbocycles. The Morgan fingerprint density at radius 2 is 2.06 bits per heavy atom. The van der Waals surface area contributed by atoms with Gasteiger partial charge in [-0.2, -0.15) is 12.6 Å². The Morgan fingerprint density at radius 3 is 2.56 bits per heavy atom. The van der Waals surface area contributed by atoms with E-state index in [0.717, 1.165) is 0 Å². The van der Waals surface area contributed by atoms with Crippen molar-refractivity contribution in [2.45, 2.75) is 18.3 Å². The lowest BCUT2D eigenvalue weighted by molar-refractivity contribution is 0.0773. The first-order valence-corrected chi connectivity index (χ1v) is 5.92. The highest BCUT2D eigenvalue weighted by molar-refractivity contribution is 7.81. The lowest BCUT2D eigenvalue weighted by Crippen LogP contribution is -2.39. The fourth-order valence-electron chi connectivity index (χ4n) is 1.99. The third kappa shape index (κ3) is 1.95. The van der Waals surface area contributed by atoms with E-state index in [4.69, 9.17) is 5.73 Å². The van der Waals surface area contributed by atoms with Crippen molar-refractivity contribution in [3.8, 4) is 0 Å². The molecule has 1 heterocycles. The molecule has 3 nitrogen and oxygen atoms in total. The van der Waals surface area contributed by atoms with Gasteiger partial charge < -0.3 is 10.6 Å². The Kier molecular flexibility index (Phi) is 3.21. The summed E-state index contributed by atoms with van der Waals surface area (Å²) in [5.74, 6) is 0.315. The zero-order valence-corrected chi connectivity index (χ0v) is 10.1. The highest BCUT2D eigenvalue weighted by atomic mass is 32.1. The van der Waals surface area contributed by atoms with Crippen molar-refractivity contribution in [2.24, 2.45) is 11.7 Å². The largest absolute Gasteiger partial charge is 0.325 e. The lowest BCUT2D eigenvalue weighted by atomic mass is 10.1. The van der Waals surface area contributed by atoms with Crippen molar-refractivity contribution >= 4 is 18.5 Å². The summed E-state index contributed by atoms with van der Waals surface area (Å²) in [4.78, 5) is 13.9. The third-order valence-electron chi connectivity index (χ3n) is 3.09. The zero-order chi connectivity index (χ0) is 11.7. The van der Waals surface area contributed by atoms with E-state index in [-0.39, 0.29) is 17.3 Å². The van der Waals surface area contributed by atoms with E-state index in [0.29, 0.717) is 18.0 Å². The second kappa shape index (κ2) is 4.47. The molecular formula is C12H16N2OS. The molecule has 3 unspecified atom stereocenters. The maximum atomic E-state index is 12.2.